The van der Waals surface area contributed by atoms with Crippen molar-refractivity contribution in [2.75, 3.05) is 23.9 Å². The number of rotatable bonds is 5. The molecule has 0 atom stereocenters. The van der Waals surface area contributed by atoms with Gasteiger partial charge in [0.2, 0.25) is 11.8 Å². The van der Waals surface area contributed by atoms with E-state index in [1.807, 2.05) is 6.07 Å². The van der Waals surface area contributed by atoms with Gasteiger partial charge in [-0.3, -0.25) is 9.59 Å². The minimum absolute atomic E-state index is 0.187. The van der Waals surface area contributed by atoms with Crippen molar-refractivity contribution in [1.82, 2.24) is 0 Å². The lowest BCUT2D eigenvalue weighted by molar-refractivity contribution is -0.120. The zero-order valence-electron chi connectivity index (χ0n) is 13.7. The van der Waals surface area contributed by atoms with E-state index in [0.717, 1.165) is 0 Å². The van der Waals surface area contributed by atoms with E-state index in [0.29, 0.717) is 27.7 Å². The molecule has 0 aromatic heterocycles. The van der Waals surface area contributed by atoms with Crippen molar-refractivity contribution in [1.29, 1.82) is 5.26 Å². The van der Waals surface area contributed by atoms with Crippen molar-refractivity contribution in [3.05, 3.63) is 53.1 Å². The summed E-state index contributed by atoms with van der Waals surface area (Å²) in [6.07, 6.45) is 0. The van der Waals surface area contributed by atoms with Gasteiger partial charge in [0, 0.05) is 18.3 Å². The Labute approximate surface area is 150 Å². The number of amides is 2. The number of benzene rings is 2. The highest BCUT2D eigenvalue weighted by atomic mass is 35.5. The molecule has 0 saturated carbocycles. The van der Waals surface area contributed by atoms with Gasteiger partial charge in [-0.1, -0.05) is 17.7 Å². The van der Waals surface area contributed by atoms with E-state index >= 15 is 0 Å². The number of nitriles is 1. The molecule has 2 amide bonds. The maximum atomic E-state index is 12.3. The monoisotopic (exact) mass is 357 g/mol. The first kappa shape index (κ1) is 18.3. The molecule has 7 heteroatoms. The lowest BCUT2D eigenvalue weighted by Crippen LogP contribution is -2.36. The molecule has 1 N–H and O–H groups in total. The SMILES string of the molecule is COc1ccc(NC(=O)CN(C(C)=O)c2cccc(C#N)c2)cc1Cl. The van der Waals surface area contributed by atoms with Crippen molar-refractivity contribution < 1.29 is 14.3 Å². The van der Waals surface area contributed by atoms with Crippen molar-refractivity contribution in [2.45, 2.75) is 6.92 Å². The van der Waals surface area contributed by atoms with Gasteiger partial charge in [0.05, 0.1) is 23.8 Å². The van der Waals surface area contributed by atoms with Gasteiger partial charge in [-0.25, -0.2) is 0 Å². The van der Waals surface area contributed by atoms with Crippen molar-refractivity contribution in [2.24, 2.45) is 0 Å². The van der Waals surface area contributed by atoms with Crippen LogP contribution in [0.5, 0.6) is 5.75 Å². The van der Waals surface area contributed by atoms with E-state index in [1.165, 1.54) is 18.9 Å². The number of anilines is 2. The number of hydrogen-bond acceptors (Lipinski definition) is 4. The Balaban J connectivity index is 2.14. The number of methoxy groups -OCH3 is 1. The molecule has 0 bridgehead atoms. The van der Waals surface area contributed by atoms with Crippen LogP contribution in [0.4, 0.5) is 11.4 Å². The summed E-state index contributed by atoms with van der Waals surface area (Å²) in [6, 6.07) is 13.4. The molecule has 0 spiro atoms. The second-order valence-electron chi connectivity index (χ2n) is 5.16. The summed E-state index contributed by atoms with van der Waals surface area (Å²) in [5.74, 6) is -0.199. The predicted molar refractivity (Wildman–Crippen MR) is 95.8 cm³/mol. The molecule has 0 aliphatic heterocycles. The van der Waals surface area contributed by atoms with Crippen LogP contribution in [0.3, 0.4) is 0 Å². The Hall–Kier alpha value is -3.04. The second-order valence-corrected chi connectivity index (χ2v) is 5.57. The van der Waals surface area contributed by atoms with Crippen LogP contribution >= 0.6 is 11.6 Å². The van der Waals surface area contributed by atoms with Gasteiger partial charge < -0.3 is 15.0 Å². The first-order valence-electron chi connectivity index (χ1n) is 7.36. The minimum atomic E-state index is -0.390. The van der Waals surface area contributed by atoms with E-state index in [9.17, 15) is 9.59 Å². The van der Waals surface area contributed by atoms with E-state index in [1.54, 1.807) is 42.5 Å². The average Bonchev–Trinajstić information content (AvgIpc) is 2.59. The Morgan fingerprint density at radius 1 is 1.28 bits per heavy atom. The number of halogens is 1. The van der Waals surface area contributed by atoms with Crippen molar-refractivity contribution in [3.8, 4) is 11.8 Å². The number of carbonyl (C=O) groups is 2. The third-order valence-electron chi connectivity index (χ3n) is 3.40. The smallest absolute Gasteiger partial charge is 0.244 e. The van der Waals surface area contributed by atoms with Crippen LogP contribution in [0.25, 0.3) is 0 Å². The zero-order chi connectivity index (χ0) is 18.4. The number of nitrogens with zero attached hydrogens (tertiary/aromatic N) is 2. The first-order valence-corrected chi connectivity index (χ1v) is 7.74. The average molecular weight is 358 g/mol. The molecule has 0 aliphatic rings. The maximum absolute atomic E-state index is 12.3. The highest BCUT2D eigenvalue weighted by molar-refractivity contribution is 6.32. The van der Waals surface area contributed by atoms with E-state index in [4.69, 9.17) is 21.6 Å². The first-order chi connectivity index (χ1) is 11.9. The van der Waals surface area contributed by atoms with Crippen molar-refractivity contribution in [3.63, 3.8) is 0 Å². The normalized spacial score (nSPS) is 9.84. The van der Waals surface area contributed by atoms with Crippen LogP contribution in [-0.4, -0.2) is 25.5 Å². The molecule has 0 fully saturated rings. The zero-order valence-corrected chi connectivity index (χ0v) is 14.5. The van der Waals surface area contributed by atoms with Gasteiger partial charge in [0.25, 0.3) is 0 Å². The molecule has 0 heterocycles. The fraction of sp³-hybridized carbons (Fsp3) is 0.167. The van der Waals surface area contributed by atoms with Gasteiger partial charge in [-0.05, 0) is 36.4 Å². The largest absolute Gasteiger partial charge is 0.495 e. The molecule has 6 nitrogen and oxygen atoms in total. The van der Waals surface area contributed by atoms with Gasteiger partial charge in [0.1, 0.15) is 12.3 Å². The summed E-state index contributed by atoms with van der Waals surface area (Å²) in [4.78, 5) is 25.5. The molecule has 128 valence electrons. The molecule has 0 saturated heterocycles. The summed E-state index contributed by atoms with van der Waals surface area (Å²) < 4.78 is 5.06. The summed E-state index contributed by atoms with van der Waals surface area (Å²) in [5, 5.41) is 12.0. The van der Waals surface area contributed by atoms with E-state index in [-0.39, 0.29) is 12.5 Å². The van der Waals surface area contributed by atoms with Crippen LogP contribution in [0.1, 0.15) is 12.5 Å². The third-order valence-corrected chi connectivity index (χ3v) is 3.70. The minimum Gasteiger partial charge on any atom is -0.495 e. The molecule has 0 aliphatic carbocycles. The van der Waals surface area contributed by atoms with Gasteiger partial charge >= 0.3 is 0 Å². The molecule has 2 aromatic carbocycles. The molecular formula is C18H16ClN3O3. The third kappa shape index (κ3) is 4.72. The number of nitrogens with one attached hydrogen (secondary N) is 1. The Morgan fingerprint density at radius 3 is 2.64 bits per heavy atom. The van der Waals surface area contributed by atoms with Crippen LogP contribution in [-0.2, 0) is 9.59 Å². The molecule has 2 rings (SSSR count). The Bertz CT molecular complexity index is 846. The van der Waals surface area contributed by atoms with Crippen LogP contribution in [0.15, 0.2) is 42.5 Å². The molecule has 0 radical (unpaired) electrons. The lowest BCUT2D eigenvalue weighted by atomic mass is 10.2. The Morgan fingerprint density at radius 2 is 2.04 bits per heavy atom. The van der Waals surface area contributed by atoms with Gasteiger partial charge in [-0.2, -0.15) is 5.26 Å². The highest BCUT2D eigenvalue weighted by Gasteiger charge is 2.16. The number of hydrogen-bond donors (Lipinski definition) is 1. The molecule has 2 aromatic rings. The maximum Gasteiger partial charge on any atom is 0.244 e. The van der Waals surface area contributed by atoms with Crippen LogP contribution in [0, 0.1) is 11.3 Å². The quantitative estimate of drug-likeness (QED) is 0.890. The predicted octanol–water partition coefficient (Wildman–Crippen LogP) is 3.21. The summed E-state index contributed by atoms with van der Waals surface area (Å²) in [6.45, 7) is 1.17. The summed E-state index contributed by atoms with van der Waals surface area (Å²) in [7, 11) is 1.50. The van der Waals surface area contributed by atoms with Gasteiger partial charge in [0.15, 0.2) is 0 Å². The Kier molecular flexibility index (Phi) is 5.98. The highest BCUT2D eigenvalue weighted by Crippen LogP contribution is 2.27. The number of carbonyl (C=O) groups excluding carboxylic acids is 2. The summed E-state index contributed by atoms with van der Waals surface area (Å²) >= 11 is 6.03. The molecule has 0 unspecified atom stereocenters. The fourth-order valence-corrected chi connectivity index (χ4v) is 2.47. The van der Waals surface area contributed by atoms with Gasteiger partial charge in [-0.15, -0.1) is 0 Å². The van der Waals surface area contributed by atoms with Crippen LogP contribution < -0.4 is 15.0 Å². The molecular weight excluding hydrogens is 342 g/mol. The lowest BCUT2D eigenvalue weighted by Gasteiger charge is -2.21. The second kappa shape index (κ2) is 8.18. The number of ether oxygens (including phenoxy) is 1. The standard InChI is InChI=1S/C18H16ClN3O3/c1-12(23)22(15-5-3-4-13(8-15)10-20)11-18(24)21-14-6-7-17(25-2)16(19)9-14/h3-9H,11H2,1-2H3,(H,21,24). The van der Waals surface area contributed by atoms with E-state index < -0.39 is 5.91 Å². The topological polar surface area (TPSA) is 82.4 Å². The fourth-order valence-electron chi connectivity index (χ4n) is 2.22. The van der Waals surface area contributed by atoms with Crippen LogP contribution in [0.2, 0.25) is 5.02 Å². The summed E-state index contributed by atoms with van der Waals surface area (Å²) in [5.41, 5.74) is 1.38. The van der Waals surface area contributed by atoms with E-state index in [2.05, 4.69) is 5.32 Å². The molecule has 25 heavy (non-hydrogen) atoms. The van der Waals surface area contributed by atoms with Crippen molar-refractivity contribution >= 4 is 34.8 Å².